The summed E-state index contributed by atoms with van der Waals surface area (Å²) in [5.74, 6) is -0.353. The molecule has 2 rings (SSSR count). The molecule has 0 saturated carbocycles. The second kappa shape index (κ2) is 8.11. The van der Waals surface area contributed by atoms with Crippen LogP contribution >= 0.6 is 11.3 Å². The van der Waals surface area contributed by atoms with Crippen LogP contribution in [0.4, 0.5) is 0 Å². The average Bonchev–Trinajstić information content (AvgIpc) is 2.96. The van der Waals surface area contributed by atoms with Crippen LogP contribution in [0.1, 0.15) is 58.2 Å². The molecule has 2 atom stereocenters. The highest BCUT2D eigenvalue weighted by molar-refractivity contribution is 7.13. The maximum absolute atomic E-state index is 12.3. The first kappa shape index (κ1) is 18.9. The molecule has 0 aliphatic carbocycles. The van der Waals surface area contributed by atoms with Crippen molar-refractivity contribution in [1.29, 1.82) is 0 Å². The Kier molecular flexibility index (Phi) is 6.14. The maximum Gasteiger partial charge on any atom is 0.347 e. The van der Waals surface area contributed by atoms with Gasteiger partial charge in [-0.15, -0.1) is 11.3 Å². The Hall–Kier alpha value is -2.41. The number of aromatic nitrogens is 1. The van der Waals surface area contributed by atoms with Gasteiger partial charge in [0.15, 0.2) is 0 Å². The molecule has 2 aromatic rings. The minimum absolute atomic E-state index is 0.00374. The van der Waals surface area contributed by atoms with Crippen molar-refractivity contribution in [3.8, 4) is 5.75 Å². The van der Waals surface area contributed by atoms with Crippen molar-refractivity contribution in [1.82, 2.24) is 10.3 Å². The van der Waals surface area contributed by atoms with E-state index in [2.05, 4.69) is 10.3 Å². The van der Waals surface area contributed by atoms with Crippen molar-refractivity contribution in [2.45, 2.75) is 39.2 Å². The maximum atomic E-state index is 12.3. The number of nitrogens with one attached hydrogen (secondary N) is 1. The zero-order chi connectivity index (χ0) is 18.6. The molecule has 1 heterocycles. The fourth-order valence-corrected chi connectivity index (χ4v) is 3.53. The number of aromatic carboxylic acids is 1. The summed E-state index contributed by atoms with van der Waals surface area (Å²) in [4.78, 5) is 27.9. The first-order valence-electron chi connectivity index (χ1n) is 7.96. The number of nitrogens with zero attached hydrogens (tertiary/aromatic N) is 1. The third kappa shape index (κ3) is 4.57. The lowest BCUT2D eigenvalue weighted by atomic mass is 9.96. The van der Waals surface area contributed by atoms with Crippen LogP contribution in [-0.2, 0) is 4.79 Å². The molecule has 134 valence electrons. The number of methoxy groups -OCH3 is 1. The Morgan fingerprint density at radius 2 is 2.00 bits per heavy atom. The molecule has 0 aliphatic rings. The van der Waals surface area contributed by atoms with Gasteiger partial charge in [0.2, 0.25) is 5.91 Å². The fraction of sp³-hybridized carbons (Fsp3) is 0.389. The molecule has 1 aromatic carbocycles. The number of carboxylic acids is 1. The molecular weight excluding hydrogens is 340 g/mol. The number of carbonyl (C=O) groups is 2. The SMILES string of the molecule is COc1ccccc1C(C)CC(=O)NC(C)c1nc(C)c(C(=O)O)s1. The topological polar surface area (TPSA) is 88.5 Å². The summed E-state index contributed by atoms with van der Waals surface area (Å²) >= 11 is 1.09. The van der Waals surface area contributed by atoms with E-state index in [1.54, 1.807) is 21.0 Å². The van der Waals surface area contributed by atoms with E-state index in [0.29, 0.717) is 17.1 Å². The summed E-state index contributed by atoms with van der Waals surface area (Å²) in [6.07, 6.45) is 0.306. The number of carboxylic acid groups (broad SMARTS) is 1. The van der Waals surface area contributed by atoms with Crippen LogP contribution in [0.2, 0.25) is 0 Å². The van der Waals surface area contributed by atoms with Gasteiger partial charge in [0.05, 0.1) is 18.8 Å². The van der Waals surface area contributed by atoms with Crippen molar-refractivity contribution in [3.63, 3.8) is 0 Å². The van der Waals surface area contributed by atoms with Gasteiger partial charge in [0.25, 0.3) is 0 Å². The van der Waals surface area contributed by atoms with Crippen molar-refractivity contribution in [3.05, 3.63) is 45.4 Å². The highest BCUT2D eigenvalue weighted by Gasteiger charge is 2.21. The number of hydrogen-bond acceptors (Lipinski definition) is 5. The summed E-state index contributed by atoms with van der Waals surface area (Å²) in [5.41, 5.74) is 1.45. The molecule has 0 radical (unpaired) electrons. The predicted octanol–water partition coefficient (Wildman–Crippen LogP) is 3.53. The van der Waals surface area contributed by atoms with Gasteiger partial charge in [0.1, 0.15) is 15.6 Å². The van der Waals surface area contributed by atoms with E-state index in [4.69, 9.17) is 9.84 Å². The molecule has 2 N–H and O–H groups in total. The second-order valence-electron chi connectivity index (χ2n) is 5.91. The monoisotopic (exact) mass is 362 g/mol. The highest BCUT2D eigenvalue weighted by Crippen LogP contribution is 2.29. The molecule has 0 fully saturated rings. The normalized spacial score (nSPS) is 13.1. The van der Waals surface area contributed by atoms with Gasteiger partial charge in [-0.05, 0) is 31.4 Å². The van der Waals surface area contributed by atoms with Crippen molar-refractivity contribution in [2.75, 3.05) is 7.11 Å². The Morgan fingerprint density at radius 1 is 1.32 bits per heavy atom. The van der Waals surface area contributed by atoms with Crippen LogP contribution in [0.5, 0.6) is 5.75 Å². The number of aryl methyl sites for hydroxylation is 1. The van der Waals surface area contributed by atoms with E-state index >= 15 is 0 Å². The standard InChI is InChI=1S/C18H22N2O4S/c1-10(13-7-5-6-8-14(13)24-4)9-15(21)19-12(3)17-20-11(2)16(25-17)18(22)23/h5-8,10,12H,9H2,1-4H3,(H,19,21)(H,22,23). The number of carbonyl (C=O) groups excluding carboxylic acids is 1. The molecule has 7 heteroatoms. The van der Waals surface area contributed by atoms with Gasteiger partial charge in [-0.1, -0.05) is 25.1 Å². The van der Waals surface area contributed by atoms with Gasteiger partial charge in [-0.2, -0.15) is 0 Å². The minimum Gasteiger partial charge on any atom is -0.496 e. The van der Waals surface area contributed by atoms with E-state index in [9.17, 15) is 9.59 Å². The van der Waals surface area contributed by atoms with E-state index in [1.807, 2.05) is 31.2 Å². The van der Waals surface area contributed by atoms with Crippen LogP contribution < -0.4 is 10.1 Å². The molecular formula is C18H22N2O4S. The molecule has 1 aromatic heterocycles. The largest absolute Gasteiger partial charge is 0.496 e. The van der Waals surface area contributed by atoms with Gasteiger partial charge < -0.3 is 15.2 Å². The molecule has 0 spiro atoms. The van der Waals surface area contributed by atoms with E-state index < -0.39 is 5.97 Å². The number of para-hydroxylation sites is 1. The molecule has 25 heavy (non-hydrogen) atoms. The van der Waals surface area contributed by atoms with Crippen molar-refractivity contribution < 1.29 is 19.4 Å². The first-order chi connectivity index (χ1) is 11.8. The molecule has 1 amide bonds. The molecule has 0 saturated heterocycles. The quantitative estimate of drug-likeness (QED) is 0.786. The van der Waals surface area contributed by atoms with Crippen LogP contribution in [-0.4, -0.2) is 29.1 Å². The number of ether oxygens (including phenoxy) is 1. The van der Waals surface area contributed by atoms with E-state index in [-0.39, 0.29) is 22.7 Å². The lowest BCUT2D eigenvalue weighted by molar-refractivity contribution is -0.122. The van der Waals surface area contributed by atoms with Crippen LogP contribution in [0.3, 0.4) is 0 Å². The van der Waals surface area contributed by atoms with Gasteiger partial charge in [-0.25, -0.2) is 9.78 Å². The van der Waals surface area contributed by atoms with Crippen LogP contribution in [0.25, 0.3) is 0 Å². The second-order valence-corrected chi connectivity index (χ2v) is 6.94. The molecule has 0 bridgehead atoms. The summed E-state index contributed by atoms with van der Waals surface area (Å²) in [5, 5.41) is 12.6. The fourth-order valence-electron chi connectivity index (χ4n) is 2.62. The third-order valence-electron chi connectivity index (χ3n) is 3.92. The Balaban J connectivity index is 2.02. The summed E-state index contributed by atoms with van der Waals surface area (Å²) < 4.78 is 5.34. The highest BCUT2D eigenvalue weighted by atomic mass is 32.1. The van der Waals surface area contributed by atoms with Crippen LogP contribution in [0, 0.1) is 6.92 Å². The van der Waals surface area contributed by atoms with Gasteiger partial charge >= 0.3 is 5.97 Å². The predicted molar refractivity (Wildman–Crippen MR) is 96.4 cm³/mol. The summed E-state index contributed by atoms with van der Waals surface area (Å²) in [6.45, 7) is 5.43. The third-order valence-corrected chi connectivity index (χ3v) is 5.24. The van der Waals surface area contributed by atoms with Crippen molar-refractivity contribution in [2.24, 2.45) is 0 Å². The zero-order valence-electron chi connectivity index (χ0n) is 14.7. The molecule has 0 aliphatic heterocycles. The zero-order valence-corrected chi connectivity index (χ0v) is 15.5. The number of amides is 1. The Bertz CT molecular complexity index is 772. The number of benzene rings is 1. The van der Waals surface area contributed by atoms with Crippen molar-refractivity contribution >= 4 is 23.2 Å². The number of rotatable bonds is 7. The molecule has 2 unspecified atom stereocenters. The van der Waals surface area contributed by atoms with Crippen LogP contribution in [0.15, 0.2) is 24.3 Å². The minimum atomic E-state index is -0.996. The van der Waals surface area contributed by atoms with E-state index in [0.717, 1.165) is 22.6 Å². The van der Waals surface area contributed by atoms with E-state index in [1.165, 1.54) is 0 Å². The summed E-state index contributed by atoms with van der Waals surface area (Å²) in [7, 11) is 1.61. The number of thiazole rings is 1. The molecule has 6 nitrogen and oxygen atoms in total. The smallest absolute Gasteiger partial charge is 0.347 e. The first-order valence-corrected chi connectivity index (χ1v) is 8.78. The lowest BCUT2D eigenvalue weighted by Crippen LogP contribution is -2.27. The Labute approximate surface area is 150 Å². The summed E-state index contributed by atoms with van der Waals surface area (Å²) in [6, 6.07) is 7.29. The van der Waals surface area contributed by atoms with Gasteiger partial charge in [0, 0.05) is 6.42 Å². The number of hydrogen-bond donors (Lipinski definition) is 2. The lowest BCUT2D eigenvalue weighted by Gasteiger charge is -2.17. The Morgan fingerprint density at radius 3 is 2.60 bits per heavy atom. The average molecular weight is 362 g/mol. The van der Waals surface area contributed by atoms with Gasteiger partial charge in [-0.3, -0.25) is 4.79 Å².